The summed E-state index contributed by atoms with van der Waals surface area (Å²) in [5.74, 6) is -0.478. The normalized spacial score (nSPS) is 20.4. The van der Waals surface area contributed by atoms with Gasteiger partial charge >= 0.3 is 5.51 Å². The molecule has 0 bridgehead atoms. The summed E-state index contributed by atoms with van der Waals surface area (Å²) in [7, 11) is 0. The van der Waals surface area contributed by atoms with E-state index in [1.165, 1.54) is 18.2 Å². The van der Waals surface area contributed by atoms with E-state index in [1.54, 1.807) is 0 Å². The molecule has 0 unspecified atom stereocenters. The Bertz CT molecular complexity index is 299. The summed E-state index contributed by atoms with van der Waals surface area (Å²) >= 11 is -0.241. The second-order valence-corrected chi connectivity index (χ2v) is 3.41. The molecule has 0 aromatic carbocycles. The van der Waals surface area contributed by atoms with Crippen LogP contribution in [0.5, 0.6) is 0 Å². The Labute approximate surface area is 76.6 Å². The lowest BCUT2D eigenvalue weighted by Crippen LogP contribution is -1.99. The third kappa shape index (κ3) is 3.06. The summed E-state index contributed by atoms with van der Waals surface area (Å²) in [6, 6.07) is 0. The number of halogens is 3. The standard InChI is InChI=1S/C7H6F3NOS/c8-7(9,10)13-5-2-1-4(3-5)6(11)12/h1-3,12H,11H2. The van der Waals surface area contributed by atoms with Crippen LogP contribution in [0.25, 0.3) is 0 Å². The van der Waals surface area contributed by atoms with Crippen molar-refractivity contribution in [3.63, 3.8) is 0 Å². The second kappa shape index (κ2) is 3.37. The van der Waals surface area contributed by atoms with Gasteiger partial charge in [0.2, 0.25) is 0 Å². The molecular formula is C7H6F3NOS. The highest BCUT2D eigenvalue weighted by Gasteiger charge is 2.30. The maximum Gasteiger partial charge on any atom is 0.446 e. The first-order valence-corrected chi connectivity index (χ1v) is 4.04. The number of alkyl halides is 3. The number of allylic oxidation sites excluding steroid dienone is 4. The molecule has 1 aliphatic rings. The van der Waals surface area contributed by atoms with Gasteiger partial charge in [-0.3, -0.25) is 0 Å². The van der Waals surface area contributed by atoms with Crippen LogP contribution in [0, 0.1) is 0 Å². The van der Waals surface area contributed by atoms with E-state index in [2.05, 4.69) is 0 Å². The largest absolute Gasteiger partial charge is 0.495 e. The summed E-state index contributed by atoms with van der Waals surface area (Å²) in [6.45, 7) is 0. The molecule has 2 nitrogen and oxygen atoms in total. The van der Waals surface area contributed by atoms with E-state index in [4.69, 9.17) is 10.8 Å². The van der Waals surface area contributed by atoms with Gasteiger partial charge in [-0.25, -0.2) is 0 Å². The predicted molar refractivity (Wildman–Crippen MR) is 44.7 cm³/mol. The van der Waals surface area contributed by atoms with Gasteiger partial charge in [-0.1, -0.05) is 0 Å². The minimum absolute atomic E-state index is 0.0134. The average molecular weight is 209 g/mol. The first-order valence-electron chi connectivity index (χ1n) is 3.23. The molecule has 0 atom stereocenters. The SMILES string of the molecule is NC(O)=C1C=CC(SC(F)(F)F)=C1. The Morgan fingerprint density at radius 1 is 1.38 bits per heavy atom. The van der Waals surface area contributed by atoms with Crippen LogP contribution in [0.3, 0.4) is 0 Å². The van der Waals surface area contributed by atoms with Crippen LogP contribution in [0.4, 0.5) is 13.2 Å². The highest BCUT2D eigenvalue weighted by Crippen LogP contribution is 2.39. The van der Waals surface area contributed by atoms with Gasteiger partial charge in [0.15, 0.2) is 5.88 Å². The molecule has 0 spiro atoms. The van der Waals surface area contributed by atoms with Crippen LogP contribution in [0.2, 0.25) is 0 Å². The van der Waals surface area contributed by atoms with Gasteiger partial charge in [0, 0.05) is 10.5 Å². The zero-order valence-electron chi connectivity index (χ0n) is 6.30. The zero-order chi connectivity index (χ0) is 10.1. The molecule has 1 rings (SSSR count). The van der Waals surface area contributed by atoms with Crippen LogP contribution in [0.15, 0.2) is 34.6 Å². The maximum absolute atomic E-state index is 11.8. The second-order valence-electron chi connectivity index (χ2n) is 2.27. The first-order chi connectivity index (χ1) is 5.88. The Kier molecular flexibility index (Phi) is 2.60. The van der Waals surface area contributed by atoms with Crippen LogP contribution in [0.1, 0.15) is 0 Å². The van der Waals surface area contributed by atoms with E-state index in [0.717, 1.165) is 0 Å². The molecule has 0 amide bonds. The summed E-state index contributed by atoms with van der Waals surface area (Å²) < 4.78 is 35.4. The molecule has 0 aromatic rings. The minimum atomic E-state index is -4.31. The third-order valence-electron chi connectivity index (χ3n) is 1.25. The highest BCUT2D eigenvalue weighted by atomic mass is 32.2. The Hall–Kier alpha value is -1.04. The molecule has 0 fully saturated rings. The molecule has 0 saturated heterocycles. The molecule has 13 heavy (non-hydrogen) atoms. The van der Waals surface area contributed by atoms with E-state index in [1.807, 2.05) is 0 Å². The molecule has 6 heteroatoms. The van der Waals surface area contributed by atoms with Crippen molar-refractivity contribution in [1.82, 2.24) is 0 Å². The van der Waals surface area contributed by atoms with Crippen LogP contribution >= 0.6 is 11.8 Å². The smallest absolute Gasteiger partial charge is 0.446 e. The van der Waals surface area contributed by atoms with E-state index in [-0.39, 0.29) is 22.2 Å². The van der Waals surface area contributed by atoms with Crippen molar-refractivity contribution in [2.24, 2.45) is 5.73 Å². The fourth-order valence-corrected chi connectivity index (χ4v) is 1.37. The van der Waals surface area contributed by atoms with E-state index in [9.17, 15) is 13.2 Å². The van der Waals surface area contributed by atoms with Crippen molar-refractivity contribution in [1.29, 1.82) is 0 Å². The van der Waals surface area contributed by atoms with Crippen LogP contribution in [-0.4, -0.2) is 10.6 Å². The van der Waals surface area contributed by atoms with Crippen molar-refractivity contribution >= 4 is 11.8 Å². The van der Waals surface area contributed by atoms with Crippen molar-refractivity contribution in [3.05, 3.63) is 34.6 Å². The topological polar surface area (TPSA) is 46.2 Å². The highest BCUT2D eigenvalue weighted by molar-refractivity contribution is 8.04. The molecule has 0 heterocycles. The average Bonchev–Trinajstić information content (AvgIpc) is 2.31. The van der Waals surface area contributed by atoms with Gasteiger partial charge < -0.3 is 10.8 Å². The van der Waals surface area contributed by atoms with Gasteiger partial charge in [-0.15, -0.1) is 0 Å². The summed E-state index contributed by atoms with van der Waals surface area (Å²) in [5.41, 5.74) is 0.864. The Morgan fingerprint density at radius 2 is 2.00 bits per heavy atom. The molecule has 1 aliphatic carbocycles. The van der Waals surface area contributed by atoms with Crippen molar-refractivity contribution in [2.75, 3.05) is 0 Å². The van der Waals surface area contributed by atoms with Gasteiger partial charge in [0.25, 0.3) is 0 Å². The molecule has 72 valence electrons. The number of nitrogens with two attached hydrogens (primary N) is 1. The van der Waals surface area contributed by atoms with Gasteiger partial charge in [0.1, 0.15) is 0 Å². The van der Waals surface area contributed by atoms with Crippen molar-refractivity contribution in [3.8, 4) is 0 Å². The van der Waals surface area contributed by atoms with Crippen LogP contribution < -0.4 is 5.73 Å². The van der Waals surface area contributed by atoms with E-state index < -0.39 is 11.4 Å². The number of hydrogen-bond donors (Lipinski definition) is 2. The lowest BCUT2D eigenvalue weighted by molar-refractivity contribution is -0.0321. The number of aliphatic hydroxyl groups excluding tert-OH is 1. The van der Waals surface area contributed by atoms with Crippen molar-refractivity contribution in [2.45, 2.75) is 5.51 Å². The van der Waals surface area contributed by atoms with Gasteiger partial charge in [-0.05, 0) is 30.0 Å². The summed E-state index contributed by atoms with van der Waals surface area (Å²) in [6.07, 6.45) is 3.74. The zero-order valence-corrected chi connectivity index (χ0v) is 7.12. The molecule has 3 N–H and O–H groups in total. The third-order valence-corrected chi connectivity index (χ3v) is 1.98. The summed E-state index contributed by atoms with van der Waals surface area (Å²) in [5, 5.41) is 8.74. The maximum atomic E-state index is 11.8. The molecule has 0 saturated carbocycles. The summed E-state index contributed by atoms with van der Waals surface area (Å²) in [4.78, 5) is 0.0134. The number of rotatable bonds is 1. The van der Waals surface area contributed by atoms with Gasteiger partial charge in [-0.2, -0.15) is 13.2 Å². The Morgan fingerprint density at radius 3 is 2.38 bits per heavy atom. The van der Waals surface area contributed by atoms with E-state index in [0.29, 0.717) is 0 Å². The van der Waals surface area contributed by atoms with E-state index >= 15 is 0 Å². The first kappa shape index (κ1) is 10.0. The molecular weight excluding hydrogens is 203 g/mol. The number of hydrogen-bond acceptors (Lipinski definition) is 3. The van der Waals surface area contributed by atoms with Crippen molar-refractivity contribution < 1.29 is 18.3 Å². The molecule has 0 radical (unpaired) electrons. The quantitative estimate of drug-likeness (QED) is 0.652. The lowest BCUT2D eigenvalue weighted by atomic mass is 10.3. The minimum Gasteiger partial charge on any atom is -0.495 e. The fourth-order valence-electron chi connectivity index (χ4n) is 0.778. The predicted octanol–water partition coefficient (Wildman–Crippen LogP) is 2.42. The Balaban J connectivity index is 2.74. The number of thioether (sulfide) groups is 1. The lowest BCUT2D eigenvalue weighted by Gasteiger charge is -2.03. The van der Waals surface area contributed by atoms with Crippen LogP contribution in [-0.2, 0) is 0 Å². The van der Waals surface area contributed by atoms with Gasteiger partial charge in [0.05, 0.1) is 0 Å². The fraction of sp³-hybridized carbons (Fsp3) is 0.143. The monoisotopic (exact) mass is 209 g/mol. The molecule has 0 aromatic heterocycles. The molecule has 0 aliphatic heterocycles. The number of aliphatic hydroxyl groups is 1.